The fourth-order valence-corrected chi connectivity index (χ4v) is 2.37. The van der Waals surface area contributed by atoms with Gasteiger partial charge in [0.25, 0.3) is 5.56 Å². The Bertz CT molecular complexity index is 723. The lowest BCUT2D eigenvalue weighted by Gasteiger charge is -2.14. The zero-order valence-corrected chi connectivity index (χ0v) is 13.5. The molecule has 0 aliphatic heterocycles. The summed E-state index contributed by atoms with van der Waals surface area (Å²) >= 11 is 0. The van der Waals surface area contributed by atoms with Crippen LogP contribution in [0, 0.1) is 0 Å². The Kier molecular flexibility index (Phi) is 6.06. The SMILES string of the molecule is CCCCCOc1ccn(Cc2ccccc2C(F)(F)F)c(=O)c1. The van der Waals surface area contributed by atoms with Crippen molar-refractivity contribution in [3.63, 3.8) is 0 Å². The molecular formula is C18H20F3NO2. The van der Waals surface area contributed by atoms with Crippen LogP contribution in [0.3, 0.4) is 0 Å². The summed E-state index contributed by atoms with van der Waals surface area (Å²) in [6.45, 7) is 2.47. The van der Waals surface area contributed by atoms with E-state index < -0.39 is 11.7 Å². The molecule has 1 aromatic carbocycles. The highest BCUT2D eigenvalue weighted by atomic mass is 19.4. The molecule has 3 nitrogen and oxygen atoms in total. The first-order chi connectivity index (χ1) is 11.4. The summed E-state index contributed by atoms with van der Waals surface area (Å²) in [6.07, 6.45) is 0.0422. The Labute approximate surface area is 138 Å². The normalized spacial score (nSPS) is 11.5. The average molecular weight is 339 g/mol. The van der Waals surface area contributed by atoms with Gasteiger partial charge in [-0.3, -0.25) is 4.79 Å². The van der Waals surface area contributed by atoms with E-state index in [1.807, 2.05) is 0 Å². The Morgan fingerprint density at radius 1 is 1.12 bits per heavy atom. The summed E-state index contributed by atoms with van der Waals surface area (Å²) in [6, 6.07) is 8.17. The summed E-state index contributed by atoms with van der Waals surface area (Å²) in [7, 11) is 0. The van der Waals surface area contributed by atoms with Crippen molar-refractivity contribution >= 4 is 0 Å². The minimum Gasteiger partial charge on any atom is -0.493 e. The number of hydrogen-bond donors (Lipinski definition) is 0. The molecule has 2 rings (SSSR count). The lowest BCUT2D eigenvalue weighted by Crippen LogP contribution is -2.21. The molecule has 0 radical (unpaired) electrons. The molecule has 0 aliphatic rings. The van der Waals surface area contributed by atoms with Gasteiger partial charge in [-0.2, -0.15) is 13.2 Å². The van der Waals surface area contributed by atoms with Crippen LogP contribution in [0.4, 0.5) is 13.2 Å². The number of benzene rings is 1. The van der Waals surface area contributed by atoms with E-state index in [-0.39, 0.29) is 17.7 Å². The summed E-state index contributed by atoms with van der Waals surface area (Å²) in [5.74, 6) is 0.441. The Balaban J connectivity index is 2.13. The van der Waals surface area contributed by atoms with Crippen LogP contribution < -0.4 is 10.3 Å². The molecule has 0 spiro atoms. The largest absolute Gasteiger partial charge is 0.493 e. The molecule has 1 heterocycles. The average Bonchev–Trinajstić information content (AvgIpc) is 2.53. The molecule has 0 unspecified atom stereocenters. The van der Waals surface area contributed by atoms with Gasteiger partial charge in [0.1, 0.15) is 5.75 Å². The minimum absolute atomic E-state index is 0.0590. The predicted molar refractivity (Wildman–Crippen MR) is 86.3 cm³/mol. The first-order valence-electron chi connectivity index (χ1n) is 7.90. The number of ether oxygens (including phenoxy) is 1. The van der Waals surface area contributed by atoms with Crippen LogP contribution in [0.1, 0.15) is 37.3 Å². The third-order valence-corrected chi connectivity index (χ3v) is 3.65. The minimum atomic E-state index is -4.44. The second-order valence-electron chi connectivity index (χ2n) is 5.54. The van der Waals surface area contributed by atoms with Crippen LogP contribution in [0.2, 0.25) is 0 Å². The summed E-state index contributed by atoms with van der Waals surface area (Å²) in [5.41, 5.74) is -1.06. The van der Waals surface area contributed by atoms with Gasteiger partial charge in [0.2, 0.25) is 0 Å². The molecule has 0 fully saturated rings. The van der Waals surface area contributed by atoms with Crippen molar-refractivity contribution in [1.29, 1.82) is 0 Å². The van der Waals surface area contributed by atoms with Crippen molar-refractivity contribution in [2.75, 3.05) is 6.61 Å². The Morgan fingerprint density at radius 3 is 2.54 bits per heavy atom. The summed E-state index contributed by atoms with van der Waals surface area (Å²) < 4.78 is 45.7. The second kappa shape index (κ2) is 8.04. The first-order valence-corrected chi connectivity index (χ1v) is 7.90. The van der Waals surface area contributed by atoms with Crippen molar-refractivity contribution < 1.29 is 17.9 Å². The molecule has 6 heteroatoms. The van der Waals surface area contributed by atoms with E-state index in [0.717, 1.165) is 25.3 Å². The molecule has 2 aromatic rings. The third-order valence-electron chi connectivity index (χ3n) is 3.65. The number of pyridine rings is 1. The van der Waals surface area contributed by atoms with Crippen molar-refractivity contribution in [3.8, 4) is 5.75 Å². The highest BCUT2D eigenvalue weighted by Gasteiger charge is 2.32. The summed E-state index contributed by atoms with van der Waals surface area (Å²) in [4.78, 5) is 12.1. The monoisotopic (exact) mass is 339 g/mol. The van der Waals surface area contributed by atoms with Crippen molar-refractivity contribution in [3.05, 3.63) is 64.1 Å². The molecule has 0 aliphatic carbocycles. The van der Waals surface area contributed by atoms with Crippen molar-refractivity contribution in [1.82, 2.24) is 4.57 Å². The van der Waals surface area contributed by atoms with Crippen molar-refractivity contribution in [2.24, 2.45) is 0 Å². The summed E-state index contributed by atoms with van der Waals surface area (Å²) in [5, 5.41) is 0. The molecule has 0 amide bonds. The number of halogens is 3. The molecular weight excluding hydrogens is 319 g/mol. The first kappa shape index (κ1) is 18.1. The smallest absolute Gasteiger partial charge is 0.416 e. The molecule has 24 heavy (non-hydrogen) atoms. The fraction of sp³-hybridized carbons (Fsp3) is 0.389. The van der Waals surface area contributed by atoms with E-state index in [2.05, 4.69) is 6.92 Å². The molecule has 0 bridgehead atoms. The number of hydrogen-bond acceptors (Lipinski definition) is 2. The van der Waals surface area contributed by atoms with E-state index in [1.165, 1.54) is 35.0 Å². The van der Waals surface area contributed by atoms with Crippen LogP contribution in [-0.2, 0) is 12.7 Å². The topological polar surface area (TPSA) is 31.2 Å². The maximum Gasteiger partial charge on any atom is 0.416 e. The molecule has 0 saturated heterocycles. The Morgan fingerprint density at radius 2 is 1.88 bits per heavy atom. The van der Waals surface area contributed by atoms with E-state index in [9.17, 15) is 18.0 Å². The van der Waals surface area contributed by atoms with Gasteiger partial charge < -0.3 is 9.30 Å². The van der Waals surface area contributed by atoms with Crippen LogP contribution in [-0.4, -0.2) is 11.2 Å². The number of alkyl halides is 3. The van der Waals surface area contributed by atoms with Crippen LogP contribution in [0.5, 0.6) is 5.75 Å². The number of nitrogens with zero attached hydrogens (tertiary/aromatic N) is 1. The van der Waals surface area contributed by atoms with Gasteiger partial charge in [-0.25, -0.2) is 0 Å². The van der Waals surface area contributed by atoms with Gasteiger partial charge >= 0.3 is 6.18 Å². The van der Waals surface area contributed by atoms with Crippen LogP contribution in [0.15, 0.2) is 47.4 Å². The van der Waals surface area contributed by atoms with Crippen LogP contribution in [0.25, 0.3) is 0 Å². The van der Waals surface area contributed by atoms with Gasteiger partial charge in [0, 0.05) is 12.3 Å². The lowest BCUT2D eigenvalue weighted by atomic mass is 10.1. The van der Waals surface area contributed by atoms with Crippen LogP contribution >= 0.6 is 0 Å². The standard InChI is InChI=1S/C18H20F3NO2/c1-2-3-6-11-24-15-9-10-22(17(23)12-15)13-14-7-4-5-8-16(14)18(19,20)21/h4-5,7-10,12H,2-3,6,11,13H2,1H3. The number of unbranched alkanes of at least 4 members (excludes halogenated alkanes) is 2. The van der Waals surface area contributed by atoms with E-state index in [1.54, 1.807) is 6.07 Å². The predicted octanol–water partition coefficient (Wildman–Crippen LogP) is 4.48. The fourth-order valence-electron chi connectivity index (χ4n) is 2.37. The molecule has 1 aromatic heterocycles. The number of aromatic nitrogens is 1. The third kappa shape index (κ3) is 4.88. The van der Waals surface area contributed by atoms with E-state index >= 15 is 0 Å². The Hall–Kier alpha value is -2.24. The lowest BCUT2D eigenvalue weighted by molar-refractivity contribution is -0.138. The quantitative estimate of drug-likeness (QED) is 0.696. The number of rotatable bonds is 7. The molecule has 130 valence electrons. The van der Waals surface area contributed by atoms with Gasteiger partial charge in [0.15, 0.2) is 0 Å². The molecule has 0 N–H and O–H groups in total. The highest BCUT2D eigenvalue weighted by Crippen LogP contribution is 2.32. The molecule has 0 saturated carbocycles. The highest BCUT2D eigenvalue weighted by molar-refractivity contribution is 5.30. The zero-order chi connectivity index (χ0) is 17.6. The van der Waals surface area contributed by atoms with Gasteiger partial charge in [-0.1, -0.05) is 38.0 Å². The zero-order valence-electron chi connectivity index (χ0n) is 13.5. The maximum absolute atomic E-state index is 13.0. The van der Waals surface area contributed by atoms with Gasteiger partial charge in [0.05, 0.1) is 18.7 Å². The van der Waals surface area contributed by atoms with Crippen molar-refractivity contribution in [2.45, 2.75) is 38.9 Å². The van der Waals surface area contributed by atoms with E-state index in [4.69, 9.17) is 4.74 Å². The van der Waals surface area contributed by atoms with Gasteiger partial charge in [-0.15, -0.1) is 0 Å². The maximum atomic E-state index is 13.0. The van der Waals surface area contributed by atoms with Gasteiger partial charge in [-0.05, 0) is 24.1 Å². The van der Waals surface area contributed by atoms with E-state index in [0.29, 0.717) is 12.4 Å². The molecule has 0 atom stereocenters. The second-order valence-corrected chi connectivity index (χ2v) is 5.54.